The summed E-state index contributed by atoms with van der Waals surface area (Å²) in [6.45, 7) is 2.58. The molecule has 0 bridgehead atoms. The van der Waals surface area contributed by atoms with Gasteiger partial charge in [-0.2, -0.15) is 5.26 Å². The highest BCUT2D eigenvalue weighted by Crippen LogP contribution is 2.37. The van der Waals surface area contributed by atoms with Crippen LogP contribution in [0.1, 0.15) is 22.9 Å². The molecule has 1 aromatic carbocycles. The number of fused-ring (bicyclic) bond motifs is 1. The zero-order chi connectivity index (χ0) is 21.0. The topological polar surface area (TPSA) is 91.7 Å². The number of rotatable bonds is 5. The highest BCUT2D eigenvalue weighted by molar-refractivity contribution is 7.16. The fourth-order valence-corrected chi connectivity index (χ4v) is 4.57. The lowest BCUT2D eigenvalue weighted by atomic mass is 10.0. The fraction of sp³-hybridized carbons (Fsp3) is 0.316. The number of nitrogens with zero attached hydrogens (tertiary/aromatic N) is 2. The first-order chi connectivity index (χ1) is 13.9. The summed E-state index contributed by atoms with van der Waals surface area (Å²) in [4.78, 5) is 26.7. The third-order valence-electron chi connectivity index (χ3n) is 4.20. The molecule has 1 aliphatic rings. The van der Waals surface area contributed by atoms with Crippen LogP contribution < -0.4 is 10.1 Å². The summed E-state index contributed by atoms with van der Waals surface area (Å²) >= 11 is 13.1. The van der Waals surface area contributed by atoms with Crippen LogP contribution in [0.2, 0.25) is 10.0 Å². The predicted molar refractivity (Wildman–Crippen MR) is 111 cm³/mol. The third kappa shape index (κ3) is 4.93. The minimum Gasteiger partial charge on any atom is -0.482 e. The summed E-state index contributed by atoms with van der Waals surface area (Å²) in [5.74, 6) is -0.0874. The maximum atomic E-state index is 12.3. The first-order valence-electron chi connectivity index (χ1n) is 8.77. The van der Waals surface area contributed by atoms with Crippen molar-refractivity contribution < 1.29 is 19.1 Å². The van der Waals surface area contributed by atoms with E-state index < -0.39 is 5.91 Å². The Balaban J connectivity index is 1.67. The van der Waals surface area contributed by atoms with E-state index in [1.807, 2.05) is 0 Å². The van der Waals surface area contributed by atoms with Crippen molar-refractivity contribution in [1.82, 2.24) is 4.90 Å². The average molecular weight is 454 g/mol. The SMILES string of the molecule is CCOC(=O)N1CCc2c(sc(NC(=O)COc3ccc(Cl)cc3Cl)c2C#N)C1. The van der Waals surface area contributed by atoms with Gasteiger partial charge in [-0.15, -0.1) is 11.3 Å². The van der Waals surface area contributed by atoms with Crippen LogP contribution in [0.25, 0.3) is 0 Å². The van der Waals surface area contributed by atoms with Crippen LogP contribution in [0.5, 0.6) is 5.75 Å². The van der Waals surface area contributed by atoms with Gasteiger partial charge >= 0.3 is 6.09 Å². The van der Waals surface area contributed by atoms with E-state index in [0.29, 0.717) is 52.5 Å². The highest BCUT2D eigenvalue weighted by Gasteiger charge is 2.28. The van der Waals surface area contributed by atoms with Crippen molar-refractivity contribution in [3.05, 3.63) is 44.2 Å². The van der Waals surface area contributed by atoms with E-state index in [2.05, 4.69) is 11.4 Å². The van der Waals surface area contributed by atoms with Gasteiger partial charge in [-0.05, 0) is 37.1 Å². The number of ether oxygens (including phenoxy) is 2. The van der Waals surface area contributed by atoms with Crippen LogP contribution in [0.3, 0.4) is 0 Å². The molecule has 3 rings (SSSR count). The first-order valence-corrected chi connectivity index (χ1v) is 10.3. The van der Waals surface area contributed by atoms with Crippen molar-refractivity contribution in [2.24, 2.45) is 0 Å². The molecule has 1 aliphatic heterocycles. The minimum absolute atomic E-state index is 0.274. The van der Waals surface area contributed by atoms with Gasteiger partial charge in [0.2, 0.25) is 0 Å². The number of benzene rings is 1. The molecule has 1 N–H and O–H groups in total. The Morgan fingerprint density at radius 2 is 2.17 bits per heavy atom. The zero-order valence-electron chi connectivity index (χ0n) is 15.5. The van der Waals surface area contributed by atoms with Gasteiger partial charge in [-0.3, -0.25) is 4.79 Å². The molecule has 152 valence electrons. The quantitative estimate of drug-likeness (QED) is 0.721. The number of hydrogen-bond acceptors (Lipinski definition) is 6. The lowest BCUT2D eigenvalue weighted by Gasteiger charge is -2.25. The molecule has 1 aromatic heterocycles. The van der Waals surface area contributed by atoms with Crippen molar-refractivity contribution in [3.8, 4) is 11.8 Å². The molecule has 0 spiro atoms. The second-order valence-electron chi connectivity index (χ2n) is 6.10. The number of anilines is 1. The molecular formula is C19H17Cl2N3O4S. The molecule has 0 aliphatic carbocycles. The van der Waals surface area contributed by atoms with E-state index >= 15 is 0 Å². The summed E-state index contributed by atoms with van der Waals surface area (Å²) in [6, 6.07) is 6.86. The molecule has 2 amide bonds. The molecule has 0 saturated carbocycles. The normalized spacial score (nSPS) is 12.7. The standard InChI is InChI=1S/C19H17Cl2N3O4S/c1-2-27-19(26)24-6-5-12-13(8-22)18(29-16(12)9-24)23-17(25)10-28-15-4-3-11(20)7-14(15)21/h3-4,7H,2,5-6,9-10H2,1H3,(H,23,25). The van der Waals surface area contributed by atoms with Gasteiger partial charge in [-0.25, -0.2) is 4.79 Å². The van der Waals surface area contributed by atoms with Crippen molar-refractivity contribution in [2.75, 3.05) is 25.1 Å². The smallest absolute Gasteiger partial charge is 0.410 e. The Labute approximate surface area is 181 Å². The molecule has 0 saturated heterocycles. The van der Waals surface area contributed by atoms with Crippen molar-refractivity contribution >= 4 is 51.5 Å². The van der Waals surface area contributed by atoms with E-state index in [0.717, 1.165) is 10.4 Å². The number of carbonyl (C=O) groups excluding carboxylic acids is 2. The summed E-state index contributed by atoms with van der Waals surface area (Å²) in [7, 11) is 0. The van der Waals surface area contributed by atoms with Gasteiger partial charge in [0.25, 0.3) is 5.91 Å². The number of nitriles is 1. The van der Waals surface area contributed by atoms with E-state index in [-0.39, 0.29) is 12.7 Å². The Bertz CT molecular complexity index is 987. The second kappa shape index (κ2) is 9.35. The molecule has 0 unspecified atom stereocenters. The van der Waals surface area contributed by atoms with Crippen LogP contribution in [0.4, 0.5) is 9.80 Å². The average Bonchev–Trinajstić information content (AvgIpc) is 3.03. The molecule has 2 heterocycles. The lowest BCUT2D eigenvalue weighted by Crippen LogP contribution is -2.35. The van der Waals surface area contributed by atoms with Crippen LogP contribution in [-0.2, 0) is 22.5 Å². The Morgan fingerprint density at radius 3 is 2.86 bits per heavy atom. The number of hydrogen-bond donors (Lipinski definition) is 1. The van der Waals surface area contributed by atoms with Crippen molar-refractivity contribution in [1.29, 1.82) is 5.26 Å². The molecule has 10 heteroatoms. The van der Waals surface area contributed by atoms with Gasteiger partial charge in [-0.1, -0.05) is 23.2 Å². The lowest BCUT2D eigenvalue weighted by molar-refractivity contribution is -0.118. The van der Waals surface area contributed by atoms with E-state index in [1.165, 1.54) is 17.4 Å². The highest BCUT2D eigenvalue weighted by atomic mass is 35.5. The molecule has 0 fully saturated rings. The number of nitrogens with one attached hydrogen (secondary N) is 1. The van der Waals surface area contributed by atoms with Crippen LogP contribution in [0, 0.1) is 11.3 Å². The largest absolute Gasteiger partial charge is 0.482 e. The zero-order valence-corrected chi connectivity index (χ0v) is 17.8. The Hall–Kier alpha value is -2.47. The van der Waals surface area contributed by atoms with Gasteiger partial charge < -0.3 is 19.7 Å². The van der Waals surface area contributed by atoms with Crippen LogP contribution in [-0.4, -0.2) is 36.7 Å². The van der Waals surface area contributed by atoms with Crippen LogP contribution >= 0.6 is 34.5 Å². The number of carbonyl (C=O) groups is 2. The molecule has 29 heavy (non-hydrogen) atoms. The summed E-state index contributed by atoms with van der Waals surface area (Å²) in [5.41, 5.74) is 1.28. The van der Waals surface area contributed by atoms with Gasteiger partial charge in [0, 0.05) is 16.4 Å². The Morgan fingerprint density at radius 1 is 1.38 bits per heavy atom. The summed E-state index contributed by atoms with van der Waals surface area (Å²) < 4.78 is 10.5. The Kier molecular flexibility index (Phi) is 6.85. The van der Waals surface area contributed by atoms with E-state index in [4.69, 9.17) is 32.7 Å². The summed E-state index contributed by atoms with van der Waals surface area (Å²) in [6.07, 6.45) is 0.143. The van der Waals surface area contributed by atoms with E-state index in [9.17, 15) is 14.9 Å². The van der Waals surface area contributed by atoms with Crippen molar-refractivity contribution in [3.63, 3.8) is 0 Å². The third-order valence-corrected chi connectivity index (χ3v) is 5.86. The minimum atomic E-state index is -0.423. The summed E-state index contributed by atoms with van der Waals surface area (Å²) in [5, 5.41) is 13.5. The second-order valence-corrected chi connectivity index (χ2v) is 8.05. The molecule has 7 nitrogen and oxygen atoms in total. The maximum Gasteiger partial charge on any atom is 0.410 e. The van der Waals surface area contributed by atoms with Crippen molar-refractivity contribution in [2.45, 2.75) is 19.9 Å². The monoisotopic (exact) mass is 453 g/mol. The molecule has 0 atom stereocenters. The maximum absolute atomic E-state index is 12.3. The van der Waals surface area contributed by atoms with E-state index in [1.54, 1.807) is 24.0 Å². The molecular weight excluding hydrogens is 437 g/mol. The molecule has 2 aromatic rings. The van der Waals surface area contributed by atoms with Crippen LogP contribution in [0.15, 0.2) is 18.2 Å². The van der Waals surface area contributed by atoms with Gasteiger partial charge in [0.1, 0.15) is 16.8 Å². The number of thiophene rings is 1. The number of amides is 2. The fourth-order valence-electron chi connectivity index (χ4n) is 2.88. The number of halogens is 2. The molecule has 0 radical (unpaired) electrons. The van der Waals surface area contributed by atoms with Gasteiger partial charge in [0.15, 0.2) is 6.61 Å². The first kappa shape index (κ1) is 21.2. The van der Waals surface area contributed by atoms with Gasteiger partial charge in [0.05, 0.1) is 23.7 Å². The predicted octanol–water partition coefficient (Wildman–Crippen LogP) is 4.46.